The second-order valence-corrected chi connectivity index (χ2v) is 12.1. The van der Waals surface area contributed by atoms with Crippen LogP contribution in [0.25, 0.3) is 22.2 Å². The van der Waals surface area contributed by atoms with Crippen LogP contribution in [-0.2, 0) is 16.6 Å². The van der Waals surface area contributed by atoms with Gasteiger partial charge >= 0.3 is 0 Å². The van der Waals surface area contributed by atoms with Crippen molar-refractivity contribution in [3.05, 3.63) is 106 Å². The van der Waals surface area contributed by atoms with Gasteiger partial charge < -0.3 is 5.32 Å². The zero-order valence-corrected chi connectivity index (χ0v) is 22.8. The third-order valence-electron chi connectivity index (χ3n) is 6.43. The SMILES string of the molecule is Cc1ccc(-c2cc(C(=O)Nc3ccc(S(=O)(=O)N(C)Cc4nccs4)cc3)c3ccccc3n2)cc1C. The van der Waals surface area contributed by atoms with Gasteiger partial charge in [0.1, 0.15) is 5.01 Å². The zero-order chi connectivity index (χ0) is 26.9. The Hall–Kier alpha value is -3.92. The fraction of sp³-hybridized carbons (Fsp3) is 0.138. The maximum atomic E-state index is 13.4. The number of aromatic nitrogens is 2. The minimum atomic E-state index is -3.71. The van der Waals surface area contributed by atoms with Gasteiger partial charge in [-0.05, 0) is 67.4 Å². The molecule has 0 aliphatic rings. The van der Waals surface area contributed by atoms with Crippen molar-refractivity contribution in [2.24, 2.45) is 0 Å². The topological polar surface area (TPSA) is 92.3 Å². The monoisotopic (exact) mass is 542 g/mol. The molecule has 0 radical (unpaired) electrons. The van der Waals surface area contributed by atoms with Crippen molar-refractivity contribution in [2.45, 2.75) is 25.3 Å². The minimum Gasteiger partial charge on any atom is -0.322 e. The predicted octanol–water partition coefficient (Wildman–Crippen LogP) is 6.05. The quantitative estimate of drug-likeness (QED) is 0.270. The smallest absolute Gasteiger partial charge is 0.256 e. The summed E-state index contributed by atoms with van der Waals surface area (Å²) in [6.45, 7) is 4.30. The molecule has 5 aromatic rings. The molecular weight excluding hydrogens is 516 g/mol. The van der Waals surface area contributed by atoms with Crippen molar-refractivity contribution in [1.29, 1.82) is 0 Å². The van der Waals surface area contributed by atoms with Crippen molar-refractivity contribution in [3.8, 4) is 11.3 Å². The van der Waals surface area contributed by atoms with Crippen LogP contribution in [-0.4, -0.2) is 35.6 Å². The highest BCUT2D eigenvalue weighted by atomic mass is 32.2. The highest BCUT2D eigenvalue weighted by Crippen LogP contribution is 2.27. The number of aryl methyl sites for hydroxylation is 2. The van der Waals surface area contributed by atoms with Gasteiger partial charge in [-0.15, -0.1) is 11.3 Å². The summed E-state index contributed by atoms with van der Waals surface area (Å²) in [7, 11) is -2.18. The third-order valence-corrected chi connectivity index (χ3v) is 9.01. The van der Waals surface area contributed by atoms with E-state index in [1.165, 1.54) is 40.4 Å². The van der Waals surface area contributed by atoms with Crippen LogP contribution in [0.5, 0.6) is 0 Å². The number of para-hydroxylation sites is 1. The van der Waals surface area contributed by atoms with Crippen molar-refractivity contribution in [1.82, 2.24) is 14.3 Å². The Kier molecular flexibility index (Phi) is 7.07. The van der Waals surface area contributed by atoms with E-state index >= 15 is 0 Å². The van der Waals surface area contributed by atoms with E-state index in [1.807, 2.05) is 48.7 Å². The van der Waals surface area contributed by atoms with Gasteiger partial charge in [-0.3, -0.25) is 4.79 Å². The summed E-state index contributed by atoms with van der Waals surface area (Å²) < 4.78 is 27.2. The maximum Gasteiger partial charge on any atom is 0.256 e. The van der Waals surface area contributed by atoms with E-state index < -0.39 is 10.0 Å². The number of hydrogen-bond donors (Lipinski definition) is 1. The van der Waals surface area contributed by atoms with Gasteiger partial charge in [-0.1, -0.05) is 30.3 Å². The molecule has 2 aromatic heterocycles. The number of nitrogens with one attached hydrogen (secondary N) is 1. The van der Waals surface area contributed by atoms with Gasteiger partial charge in [0.2, 0.25) is 10.0 Å². The van der Waals surface area contributed by atoms with E-state index in [4.69, 9.17) is 4.98 Å². The molecule has 192 valence electrons. The first-order valence-electron chi connectivity index (χ1n) is 12.0. The number of benzene rings is 3. The molecule has 0 saturated heterocycles. The molecule has 0 aliphatic heterocycles. The number of rotatable bonds is 7. The fourth-order valence-electron chi connectivity index (χ4n) is 4.11. The number of hydrogen-bond acceptors (Lipinski definition) is 6. The van der Waals surface area contributed by atoms with Crippen LogP contribution in [0.4, 0.5) is 5.69 Å². The summed E-state index contributed by atoms with van der Waals surface area (Å²) in [6.07, 6.45) is 1.65. The van der Waals surface area contributed by atoms with Gasteiger partial charge in [0.15, 0.2) is 0 Å². The van der Waals surface area contributed by atoms with Gasteiger partial charge in [0.05, 0.1) is 28.2 Å². The Balaban J connectivity index is 1.41. The molecular formula is C29H26N4O3S2. The first kappa shape index (κ1) is 25.7. The number of amides is 1. The van der Waals surface area contributed by atoms with Crippen LogP contribution in [0.15, 0.2) is 89.3 Å². The van der Waals surface area contributed by atoms with Crippen molar-refractivity contribution in [3.63, 3.8) is 0 Å². The van der Waals surface area contributed by atoms with E-state index in [0.29, 0.717) is 22.0 Å². The predicted molar refractivity (Wildman–Crippen MR) is 152 cm³/mol. The number of anilines is 1. The highest BCUT2D eigenvalue weighted by molar-refractivity contribution is 7.89. The first-order chi connectivity index (χ1) is 18.2. The lowest BCUT2D eigenvalue weighted by molar-refractivity contribution is 0.102. The summed E-state index contributed by atoms with van der Waals surface area (Å²) in [5.74, 6) is -0.301. The molecule has 1 N–H and O–H groups in total. The van der Waals surface area contributed by atoms with E-state index in [2.05, 4.69) is 23.3 Å². The summed E-state index contributed by atoms with van der Waals surface area (Å²) in [6, 6.07) is 21.6. The van der Waals surface area contributed by atoms with Crippen LogP contribution >= 0.6 is 11.3 Å². The number of carbonyl (C=O) groups excluding carboxylic acids is 1. The Morgan fingerprint density at radius 2 is 1.74 bits per heavy atom. The fourth-order valence-corrected chi connectivity index (χ4v) is 5.99. The molecule has 0 aliphatic carbocycles. The first-order valence-corrected chi connectivity index (χ1v) is 14.3. The van der Waals surface area contributed by atoms with Crippen LogP contribution in [0.1, 0.15) is 26.5 Å². The van der Waals surface area contributed by atoms with E-state index in [0.717, 1.165) is 22.0 Å². The Morgan fingerprint density at radius 1 is 0.974 bits per heavy atom. The lowest BCUT2D eigenvalue weighted by atomic mass is 10.0. The molecule has 0 atom stereocenters. The molecule has 1 amide bonds. The van der Waals surface area contributed by atoms with Crippen LogP contribution < -0.4 is 5.32 Å². The Morgan fingerprint density at radius 3 is 2.45 bits per heavy atom. The molecule has 0 unspecified atom stereocenters. The minimum absolute atomic E-state index is 0.140. The summed E-state index contributed by atoms with van der Waals surface area (Å²) in [4.78, 5) is 22.5. The van der Waals surface area contributed by atoms with Gasteiger partial charge in [0.25, 0.3) is 5.91 Å². The van der Waals surface area contributed by atoms with E-state index in [-0.39, 0.29) is 17.3 Å². The van der Waals surface area contributed by atoms with Crippen LogP contribution in [0.3, 0.4) is 0 Å². The van der Waals surface area contributed by atoms with Crippen LogP contribution in [0.2, 0.25) is 0 Å². The molecule has 0 spiro atoms. The molecule has 3 aromatic carbocycles. The van der Waals surface area contributed by atoms with Crippen molar-refractivity contribution in [2.75, 3.05) is 12.4 Å². The third kappa shape index (κ3) is 5.22. The second-order valence-electron chi connectivity index (χ2n) is 9.04. The summed E-state index contributed by atoms with van der Waals surface area (Å²) in [5, 5.41) is 6.17. The number of nitrogens with zero attached hydrogens (tertiary/aromatic N) is 3. The average molecular weight is 543 g/mol. The summed E-state index contributed by atoms with van der Waals surface area (Å²) in [5.41, 5.74) is 5.68. The number of fused-ring (bicyclic) bond motifs is 1. The van der Waals surface area contributed by atoms with Gasteiger partial charge in [-0.25, -0.2) is 18.4 Å². The highest BCUT2D eigenvalue weighted by Gasteiger charge is 2.22. The molecule has 0 saturated carbocycles. The number of carbonyl (C=O) groups is 1. The summed E-state index contributed by atoms with van der Waals surface area (Å²) >= 11 is 1.40. The molecule has 7 nitrogen and oxygen atoms in total. The molecule has 5 rings (SSSR count). The number of sulfonamides is 1. The molecule has 9 heteroatoms. The number of pyridine rings is 1. The molecule has 2 heterocycles. The maximum absolute atomic E-state index is 13.4. The Labute approximate surface area is 225 Å². The Bertz CT molecular complexity index is 1730. The molecule has 0 bridgehead atoms. The largest absolute Gasteiger partial charge is 0.322 e. The normalized spacial score (nSPS) is 11.7. The lowest BCUT2D eigenvalue weighted by Crippen LogP contribution is -2.26. The molecule has 38 heavy (non-hydrogen) atoms. The van der Waals surface area contributed by atoms with E-state index in [1.54, 1.807) is 24.4 Å². The van der Waals surface area contributed by atoms with Gasteiger partial charge in [-0.2, -0.15) is 4.31 Å². The number of thiazole rings is 1. The average Bonchev–Trinajstić information content (AvgIpc) is 3.43. The van der Waals surface area contributed by atoms with Crippen LogP contribution in [0, 0.1) is 13.8 Å². The van der Waals surface area contributed by atoms with Crippen molar-refractivity contribution < 1.29 is 13.2 Å². The van der Waals surface area contributed by atoms with Gasteiger partial charge in [0, 0.05) is 35.3 Å². The second kappa shape index (κ2) is 10.4. The van der Waals surface area contributed by atoms with E-state index in [9.17, 15) is 13.2 Å². The van der Waals surface area contributed by atoms with Crippen molar-refractivity contribution >= 4 is 43.9 Å². The standard InChI is InChI=1S/C29H26N4O3S2/c1-19-8-9-21(16-20(19)2)27-17-25(24-6-4-5-7-26(24)32-27)29(34)31-22-10-12-23(13-11-22)38(35,36)33(3)18-28-30-14-15-37-28/h4-17H,18H2,1-3H3,(H,31,34). The zero-order valence-electron chi connectivity index (χ0n) is 21.2. The lowest BCUT2D eigenvalue weighted by Gasteiger charge is -2.16. The molecule has 0 fully saturated rings.